The van der Waals surface area contributed by atoms with Crippen LogP contribution in [0.25, 0.3) is 10.2 Å². The highest BCUT2D eigenvalue weighted by atomic mass is 35.5. The third-order valence-corrected chi connectivity index (χ3v) is 4.52. The Kier molecular flexibility index (Phi) is 4.31. The predicted octanol–water partition coefficient (Wildman–Crippen LogP) is 2.53. The lowest BCUT2D eigenvalue weighted by Gasteiger charge is -2.06. The van der Waals surface area contributed by atoms with Gasteiger partial charge in [0.05, 0.1) is 5.39 Å². The molecule has 0 aliphatic carbocycles. The number of halogens is 1. The molecule has 0 amide bonds. The molecule has 2 aromatic rings. The first-order chi connectivity index (χ1) is 8.20. The molecule has 0 bridgehead atoms. The van der Waals surface area contributed by atoms with Gasteiger partial charge in [-0.2, -0.15) is 0 Å². The smallest absolute Gasteiger partial charge is 0.225 e. The summed E-state index contributed by atoms with van der Waals surface area (Å²) in [7, 11) is -0.766. The Morgan fingerprint density at radius 2 is 2.35 bits per heavy atom. The second-order valence-electron chi connectivity index (χ2n) is 3.34. The molecule has 0 spiro atoms. The van der Waals surface area contributed by atoms with Gasteiger partial charge < -0.3 is 5.32 Å². The first-order valence-corrected chi connectivity index (χ1v) is 7.95. The largest absolute Gasteiger partial charge is 0.368 e. The van der Waals surface area contributed by atoms with Crippen molar-refractivity contribution in [2.45, 2.75) is 6.92 Å². The first kappa shape index (κ1) is 12.7. The van der Waals surface area contributed by atoms with Crippen molar-refractivity contribution in [1.29, 1.82) is 0 Å². The number of fused-ring (bicyclic) bond motifs is 1. The maximum atomic E-state index is 11.3. The van der Waals surface area contributed by atoms with Gasteiger partial charge in [0.2, 0.25) is 5.28 Å². The lowest BCUT2D eigenvalue weighted by Crippen LogP contribution is -2.13. The van der Waals surface area contributed by atoms with Gasteiger partial charge in [-0.3, -0.25) is 4.21 Å². The highest BCUT2D eigenvalue weighted by Gasteiger charge is 2.07. The van der Waals surface area contributed by atoms with Gasteiger partial charge >= 0.3 is 0 Å². The number of thiophene rings is 1. The molecule has 2 aromatic heterocycles. The Bertz CT molecular complexity index is 543. The summed E-state index contributed by atoms with van der Waals surface area (Å²) in [6.45, 7) is 2.54. The van der Waals surface area contributed by atoms with E-state index < -0.39 is 10.8 Å². The molecule has 17 heavy (non-hydrogen) atoms. The van der Waals surface area contributed by atoms with E-state index in [2.05, 4.69) is 15.3 Å². The van der Waals surface area contributed by atoms with Crippen LogP contribution in [0.15, 0.2) is 11.4 Å². The van der Waals surface area contributed by atoms with E-state index in [1.165, 1.54) is 11.3 Å². The van der Waals surface area contributed by atoms with Gasteiger partial charge in [-0.05, 0) is 23.0 Å². The van der Waals surface area contributed by atoms with Gasteiger partial charge in [0, 0.05) is 28.9 Å². The van der Waals surface area contributed by atoms with Crippen molar-refractivity contribution < 1.29 is 4.21 Å². The van der Waals surface area contributed by atoms with Gasteiger partial charge in [0.25, 0.3) is 0 Å². The normalized spacial score (nSPS) is 12.8. The van der Waals surface area contributed by atoms with Crippen LogP contribution >= 0.6 is 22.9 Å². The second kappa shape index (κ2) is 5.75. The molecular weight excluding hydrogens is 278 g/mol. The Labute approximate surface area is 111 Å². The topological polar surface area (TPSA) is 54.9 Å². The summed E-state index contributed by atoms with van der Waals surface area (Å²) in [5.74, 6) is 2.01. The van der Waals surface area contributed by atoms with Crippen LogP contribution in [0.4, 0.5) is 5.82 Å². The van der Waals surface area contributed by atoms with Crippen molar-refractivity contribution in [3.8, 4) is 0 Å². The molecule has 92 valence electrons. The number of hydrogen-bond donors (Lipinski definition) is 1. The Morgan fingerprint density at radius 3 is 3.12 bits per heavy atom. The van der Waals surface area contributed by atoms with E-state index in [1.54, 1.807) is 0 Å². The van der Waals surface area contributed by atoms with Gasteiger partial charge in [-0.15, -0.1) is 11.3 Å². The van der Waals surface area contributed by atoms with Crippen LogP contribution in [0.1, 0.15) is 6.92 Å². The fourth-order valence-electron chi connectivity index (χ4n) is 1.39. The standard InChI is InChI=1S/C10H12ClN3OS2/c1-2-17(15)6-4-12-8-7-3-5-16-9(7)14-10(11)13-8/h3,5H,2,4,6H2,1H3,(H,12,13,14). The molecule has 0 aliphatic heterocycles. The van der Waals surface area contributed by atoms with Gasteiger partial charge in [0.1, 0.15) is 10.6 Å². The van der Waals surface area contributed by atoms with Crippen LogP contribution in [0, 0.1) is 0 Å². The second-order valence-corrected chi connectivity index (χ2v) is 6.44. The monoisotopic (exact) mass is 289 g/mol. The van der Waals surface area contributed by atoms with Crippen LogP contribution in [0.5, 0.6) is 0 Å². The number of aromatic nitrogens is 2. The number of hydrogen-bond acceptors (Lipinski definition) is 5. The average molecular weight is 290 g/mol. The molecule has 1 N–H and O–H groups in total. The zero-order valence-electron chi connectivity index (χ0n) is 9.27. The third kappa shape index (κ3) is 3.14. The van der Waals surface area contributed by atoms with Crippen molar-refractivity contribution in [3.63, 3.8) is 0 Å². The highest BCUT2D eigenvalue weighted by Crippen LogP contribution is 2.26. The van der Waals surface area contributed by atoms with Crippen molar-refractivity contribution in [2.75, 3.05) is 23.4 Å². The summed E-state index contributed by atoms with van der Waals surface area (Å²) >= 11 is 7.36. The molecule has 4 nitrogen and oxygen atoms in total. The van der Waals surface area contributed by atoms with E-state index >= 15 is 0 Å². The van der Waals surface area contributed by atoms with Crippen LogP contribution in [0.3, 0.4) is 0 Å². The number of anilines is 1. The molecule has 1 atom stereocenters. The zero-order valence-corrected chi connectivity index (χ0v) is 11.7. The molecule has 0 aromatic carbocycles. The minimum absolute atomic E-state index is 0.235. The Hall–Kier alpha value is -0.720. The van der Waals surface area contributed by atoms with E-state index in [9.17, 15) is 4.21 Å². The molecule has 2 heterocycles. The SMILES string of the molecule is CCS(=O)CCNc1nc(Cl)nc2sccc12. The van der Waals surface area contributed by atoms with Crippen molar-refractivity contribution >= 4 is 49.8 Å². The molecule has 0 radical (unpaired) electrons. The number of nitrogens with zero attached hydrogens (tertiary/aromatic N) is 2. The summed E-state index contributed by atoms with van der Waals surface area (Å²) in [6.07, 6.45) is 0. The summed E-state index contributed by atoms with van der Waals surface area (Å²) in [5, 5.41) is 6.30. The molecular formula is C10H12ClN3OS2. The number of rotatable bonds is 5. The van der Waals surface area contributed by atoms with Crippen molar-refractivity contribution in [3.05, 3.63) is 16.7 Å². The van der Waals surface area contributed by atoms with Gasteiger partial charge in [-0.1, -0.05) is 6.92 Å². The van der Waals surface area contributed by atoms with Crippen LogP contribution < -0.4 is 5.32 Å². The average Bonchev–Trinajstić information content (AvgIpc) is 2.76. The molecule has 2 rings (SSSR count). The van der Waals surface area contributed by atoms with Crippen LogP contribution in [-0.4, -0.2) is 32.2 Å². The minimum Gasteiger partial charge on any atom is -0.368 e. The van der Waals surface area contributed by atoms with E-state index in [0.717, 1.165) is 10.2 Å². The van der Waals surface area contributed by atoms with E-state index in [4.69, 9.17) is 11.6 Å². The van der Waals surface area contributed by atoms with Crippen LogP contribution in [0.2, 0.25) is 5.28 Å². The maximum Gasteiger partial charge on any atom is 0.225 e. The first-order valence-electron chi connectivity index (χ1n) is 5.20. The lowest BCUT2D eigenvalue weighted by atomic mass is 10.4. The molecule has 0 fully saturated rings. The van der Waals surface area contributed by atoms with E-state index in [1.807, 2.05) is 18.4 Å². The van der Waals surface area contributed by atoms with E-state index in [-0.39, 0.29) is 5.28 Å². The fraction of sp³-hybridized carbons (Fsp3) is 0.400. The highest BCUT2D eigenvalue weighted by molar-refractivity contribution is 7.84. The third-order valence-electron chi connectivity index (χ3n) is 2.24. The Balaban J connectivity index is 2.12. The van der Waals surface area contributed by atoms with Crippen LogP contribution in [-0.2, 0) is 10.8 Å². The van der Waals surface area contributed by atoms with Gasteiger partial charge in [-0.25, -0.2) is 9.97 Å². The summed E-state index contributed by atoms with van der Waals surface area (Å²) in [6, 6.07) is 1.95. The minimum atomic E-state index is -0.766. The Morgan fingerprint density at radius 1 is 1.53 bits per heavy atom. The van der Waals surface area contributed by atoms with E-state index in [0.29, 0.717) is 23.9 Å². The molecule has 7 heteroatoms. The molecule has 0 saturated heterocycles. The lowest BCUT2D eigenvalue weighted by molar-refractivity contribution is 0.684. The summed E-state index contributed by atoms with van der Waals surface area (Å²) in [4.78, 5) is 9.14. The number of nitrogens with one attached hydrogen (secondary N) is 1. The zero-order chi connectivity index (χ0) is 12.3. The quantitative estimate of drug-likeness (QED) is 0.860. The summed E-state index contributed by atoms with van der Waals surface area (Å²) < 4.78 is 11.3. The van der Waals surface area contributed by atoms with Gasteiger partial charge in [0.15, 0.2) is 0 Å². The molecule has 0 saturated carbocycles. The maximum absolute atomic E-state index is 11.3. The fourth-order valence-corrected chi connectivity index (χ4v) is 2.99. The summed E-state index contributed by atoms with van der Waals surface area (Å²) in [5.41, 5.74) is 0. The molecule has 0 aliphatic rings. The molecule has 1 unspecified atom stereocenters. The predicted molar refractivity (Wildman–Crippen MR) is 74.5 cm³/mol. The van der Waals surface area contributed by atoms with Crippen molar-refractivity contribution in [2.24, 2.45) is 0 Å². The van der Waals surface area contributed by atoms with Crippen molar-refractivity contribution in [1.82, 2.24) is 9.97 Å².